The molecule has 4 heteroatoms. The Morgan fingerprint density at radius 1 is 0.920 bits per heavy atom. The molecule has 2 heterocycles. The van der Waals surface area contributed by atoms with Crippen molar-refractivity contribution in [3.05, 3.63) is 78.2 Å². The number of pyridine rings is 1. The van der Waals surface area contributed by atoms with Gasteiger partial charge in [-0.3, -0.25) is 0 Å². The van der Waals surface area contributed by atoms with Crippen molar-refractivity contribution in [3.8, 4) is 17.0 Å². The molecular formula is C21H19N3O. The van der Waals surface area contributed by atoms with E-state index >= 15 is 0 Å². The molecule has 124 valence electrons. The minimum atomic E-state index is 0.489. The Bertz CT molecular complexity index is 1020. The van der Waals surface area contributed by atoms with E-state index in [-0.39, 0.29) is 0 Å². The lowest BCUT2D eigenvalue weighted by Gasteiger charge is -2.12. The van der Waals surface area contributed by atoms with Crippen LogP contribution in [0.15, 0.2) is 67.0 Å². The van der Waals surface area contributed by atoms with Gasteiger partial charge in [-0.05, 0) is 30.7 Å². The van der Waals surface area contributed by atoms with E-state index in [0.717, 1.165) is 33.4 Å². The molecular weight excluding hydrogens is 310 g/mol. The highest BCUT2D eigenvalue weighted by Crippen LogP contribution is 2.33. The highest BCUT2D eigenvalue weighted by Gasteiger charge is 2.14. The van der Waals surface area contributed by atoms with E-state index in [4.69, 9.17) is 4.74 Å². The second kappa shape index (κ2) is 6.40. The van der Waals surface area contributed by atoms with Gasteiger partial charge in [0, 0.05) is 23.9 Å². The number of aromatic nitrogens is 3. The summed E-state index contributed by atoms with van der Waals surface area (Å²) >= 11 is 0. The molecule has 0 N–H and O–H groups in total. The van der Waals surface area contributed by atoms with Crippen molar-refractivity contribution in [2.75, 3.05) is 0 Å². The Balaban J connectivity index is 1.76. The summed E-state index contributed by atoms with van der Waals surface area (Å²) in [6, 6.07) is 20.4. The molecule has 0 saturated carbocycles. The number of ether oxygens (including phenoxy) is 1. The van der Waals surface area contributed by atoms with Crippen molar-refractivity contribution in [2.45, 2.75) is 13.5 Å². The lowest BCUT2D eigenvalue weighted by atomic mass is 10.0. The van der Waals surface area contributed by atoms with E-state index in [1.54, 1.807) is 0 Å². The molecule has 0 unspecified atom stereocenters. The SMILES string of the molecule is Cc1ccc(-c2cccc3c2ncn3C)c(OCc2ccccc2)n1. The third kappa shape index (κ3) is 2.98. The fourth-order valence-corrected chi connectivity index (χ4v) is 2.95. The molecule has 0 aliphatic carbocycles. The van der Waals surface area contributed by atoms with Crippen molar-refractivity contribution < 1.29 is 4.74 Å². The van der Waals surface area contributed by atoms with E-state index in [9.17, 15) is 0 Å². The zero-order valence-corrected chi connectivity index (χ0v) is 14.3. The number of rotatable bonds is 4. The van der Waals surface area contributed by atoms with E-state index < -0.39 is 0 Å². The van der Waals surface area contributed by atoms with Crippen LogP contribution in [0.25, 0.3) is 22.2 Å². The molecule has 25 heavy (non-hydrogen) atoms. The lowest BCUT2D eigenvalue weighted by molar-refractivity contribution is 0.295. The maximum Gasteiger partial charge on any atom is 0.221 e. The Morgan fingerprint density at radius 3 is 2.60 bits per heavy atom. The van der Waals surface area contributed by atoms with Gasteiger partial charge in [-0.1, -0.05) is 42.5 Å². The average molecular weight is 329 g/mol. The molecule has 0 atom stereocenters. The molecule has 4 rings (SSSR count). The average Bonchev–Trinajstić information content (AvgIpc) is 3.02. The van der Waals surface area contributed by atoms with Crippen LogP contribution in [0.1, 0.15) is 11.3 Å². The van der Waals surface area contributed by atoms with Crippen molar-refractivity contribution in [1.82, 2.24) is 14.5 Å². The number of aryl methyl sites for hydroxylation is 2. The van der Waals surface area contributed by atoms with Crippen LogP contribution < -0.4 is 4.74 Å². The van der Waals surface area contributed by atoms with E-state index in [1.165, 1.54) is 0 Å². The van der Waals surface area contributed by atoms with Crippen LogP contribution in [0, 0.1) is 6.92 Å². The van der Waals surface area contributed by atoms with Gasteiger partial charge < -0.3 is 9.30 Å². The molecule has 4 nitrogen and oxygen atoms in total. The maximum atomic E-state index is 6.07. The first-order chi connectivity index (χ1) is 12.2. The lowest BCUT2D eigenvalue weighted by Crippen LogP contribution is -2.00. The highest BCUT2D eigenvalue weighted by atomic mass is 16.5. The van der Waals surface area contributed by atoms with Crippen LogP contribution in [0.2, 0.25) is 0 Å². The van der Waals surface area contributed by atoms with Gasteiger partial charge >= 0.3 is 0 Å². The largest absolute Gasteiger partial charge is 0.472 e. The molecule has 0 radical (unpaired) electrons. The number of benzene rings is 2. The summed E-state index contributed by atoms with van der Waals surface area (Å²) in [7, 11) is 2.00. The van der Waals surface area contributed by atoms with Crippen molar-refractivity contribution in [1.29, 1.82) is 0 Å². The minimum absolute atomic E-state index is 0.489. The van der Waals surface area contributed by atoms with Crippen LogP contribution in [0.3, 0.4) is 0 Å². The van der Waals surface area contributed by atoms with Gasteiger partial charge in [-0.15, -0.1) is 0 Å². The number of hydrogen-bond donors (Lipinski definition) is 0. The smallest absolute Gasteiger partial charge is 0.221 e. The summed E-state index contributed by atoms with van der Waals surface area (Å²) in [6.07, 6.45) is 1.83. The van der Waals surface area contributed by atoms with Crippen LogP contribution >= 0.6 is 0 Å². The molecule has 0 bridgehead atoms. The number of para-hydroxylation sites is 1. The van der Waals surface area contributed by atoms with E-state index in [1.807, 2.05) is 55.2 Å². The predicted molar refractivity (Wildman–Crippen MR) is 99.5 cm³/mol. The van der Waals surface area contributed by atoms with E-state index in [2.05, 4.69) is 40.3 Å². The van der Waals surface area contributed by atoms with Crippen LogP contribution in [-0.2, 0) is 13.7 Å². The van der Waals surface area contributed by atoms with Crippen molar-refractivity contribution in [2.24, 2.45) is 7.05 Å². The number of fused-ring (bicyclic) bond motifs is 1. The molecule has 4 aromatic rings. The van der Waals surface area contributed by atoms with Crippen molar-refractivity contribution >= 4 is 11.0 Å². The molecule has 0 aliphatic rings. The zero-order valence-electron chi connectivity index (χ0n) is 14.3. The number of imidazole rings is 1. The standard InChI is InChI=1S/C21H19N3O/c1-15-11-12-18(17-9-6-10-19-20(17)22-14-24(19)2)21(23-15)25-13-16-7-4-3-5-8-16/h3-12,14H,13H2,1-2H3. The molecule has 0 aliphatic heterocycles. The first kappa shape index (κ1) is 15.4. The summed E-state index contributed by atoms with van der Waals surface area (Å²) in [5.41, 5.74) is 6.10. The minimum Gasteiger partial charge on any atom is -0.472 e. The van der Waals surface area contributed by atoms with Crippen LogP contribution in [0.5, 0.6) is 5.88 Å². The highest BCUT2D eigenvalue weighted by molar-refractivity contribution is 5.93. The second-order valence-electron chi connectivity index (χ2n) is 6.11. The van der Waals surface area contributed by atoms with Gasteiger partial charge in [-0.2, -0.15) is 0 Å². The third-order valence-corrected chi connectivity index (χ3v) is 4.26. The topological polar surface area (TPSA) is 39.9 Å². The summed E-state index contributed by atoms with van der Waals surface area (Å²) in [5.74, 6) is 0.641. The van der Waals surface area contributed by atoms with E-state index in [0.29, 0.717) is 12.5 Å². The van der Waals surface area contributed by atoms with Gasteiger partial charge in [0.05, 0.1) is 17.4 Å². The first-order valence-electron chi connectivity index (χ1n) is 8.27. The van der Waals surface area contributed by atoms with Gasteiger partial charge in [0.2, 0.25) is 5.88 Å². The molecule has 0 spiro atoms. The molecule has 0 saturated heterocycles. The van der Waals surface area contributed by atoms with Gasteiger partial charge in [0.1, 0.15) is 6.61 Å². The van der Waals surface area contributed by atoms with Gasteiger partial charge in [0.25, 0.3) is 0 Å². The molecule has 2 aromatic heterocycles. The third-order valence-electron chi connectivity index (χ3n) is 4.26. The van der Waals surface area contributed by atoms with Crippen LogP contribution in [-0.4, -0.2) is 14.5 Å². The number of nitrogens with zero attached hydrogens (tertiary/aromatic N) is 3. The van der Waals surface area contributed by atoms with Gasteiger partial charge in [0.15, 0.2) is 0 Å². The zero-order chi connectivity index (χ0) is 17.2. The summed E-state index contributed by atoms with van der Waals surface area (Å²) in [6.45, 7) is 2.46. The fraction of sp³-hybridized carbons (Fsp3) is 0.143. The predicted octanol–water partition coefficient (Wildman–Crippen LogP) is 4.52. The Morgan fingerprint density at radius 2 is 1.76 bits per heavy atom. The molecule has 2 aromatic carbocycles. The fourth-order valence-electron chi connectivity index (χ4n) is 2.95. The van der Waals surface area contributed by atoms with Crippen LogP contribution in [0.4, 0.5) is 0 Å². The Hall–Kier alpha value is -3.14. The van der Waals surface area contributed by atoms with Crippen molar-refractivity contribution in [3.63, 3.8) is 0 Å². The quantitative estimate of drug-likeness (QED) is 0.552. The first-order valence-corrected chi connectivity index (χ1v) is 8.27. The normalized spacial score (nSPS) is 11.0. The Labute approximate surface area is 146 Å². The number of hydrogen-bond acceptors (Lipinski definition) is 3. The second-order valence-corrected chi connectivity index (χ2v) is 6.11. The summed E-state index contributed by atoms with van der Waals surface area (Å²) in [4.78, 5) is 9.18. The maximum absolute atomic E-state index is 6.07. The summed E-state index contributed by atoms with van der Waals surface area (Å²) in [5, 5.41) is 0. The molecule has 0 fully saturated rings. The molecule has 0 amide bonds. The summed E-state index contributed by atoms with van der Waals surface area (Å²) < 4.78 is 8.09. The van der Waals surface area contributed by atoms with Gasteiger partial charge in [-0.25, -0.2) is 9.97 Å². The Kier molecular flexibility index (Phi) is 3.94. The monoisotopic (exact) mass is 329 g/mol.